The molecule has 6 nitrogen and oxygen atoms in total. The zero-order valence-corrected chi connectivity index (χ0v) is 15.0. The molecule has 130 valence electrons. The van der Waals surface area contributed by atoms with Gasteiger partial charge in [-0.05, 0) is 19.3 Å². The maximum absolute atomic E-state index is 12.1. The molecule has 2 N–H and O–H groups in total. The number of amides is 2. The zero-order chi connectivity index (χ0) is 16.9. The summed E-state index contributed by atoms with van der Waals surface area (Å²) >= 11 is 1.91. The van der Waals surface area contributed by atoms with E-state index in [9.17, 15) is 14.7 Å². The van der Waals surface area contributed by atoms with Crippen LogP contribution < -0.4 is 5.32 Å². The molecule has 0 aromatic carbocycles. The molecule has 3 saturated heterocycles. The number of β-lactam (4-membered cyclic amide) rings is 1. The summed E-state index contributed by atoms with van der Waals surface area (Å²) < 4.78 is 0. The Labute approximate surface area is 142 Å². The first-order valence-electron chi connectivity index (χ1n) is 8.39. The molecule has 3 aliphatic rings. The van der Waals surface area contributed by atoms with Crippen molar-refractivity contribution in [1.82, 2.24) is 15.1 Å². The van der Waals surface area contributed by atoms with Gasteiger partial charge >= 0.3 is 0 Å². The van der Waals surface area contributed by atoms with E-state index >= 15 is 0 Å². The molecule has 0 aromatic heterocycles. The van der Waals surface area contributed by atoms with Crippen molar-refractivity contribution in [3.05, 3.63) is 0 Å². The minimum atomic E-state index is -0.565. The average Bonchev–Trinajstić information content (AvgIpc) is 3.03. The van der Waals surface area contributed by atoms with Gasteiger partial charge in [0.05, 0.1) is 18.1 Å². The molecule has 23 heavy (non-hydrogen) atoms. The molecule has 0 unspecified atom stereocenters. The minimum absolute atomic E-state index is 0.0805. The molecule has 0 spiro atoms. The molecule has 0 aliphatic carbocycles. The highest BCUT2D eigenvalue weighted by Crippen LogP contribution is 2.46. The van der Waals surface area contributed by atoms with Crippen LogP contribution in [0.25, 0.3) is 0 Å². The van der Waals surface area contributed by atoms with E-state index in [1.807, 2.05) is 16.7 Å². The van der Waals surface area contributed by atoms with Gasteiger partial charge in [0.2, 0.25) is 11.8 Å². The van der Waals surface area contributed by atoms with Gasteiger partial charge in [-0.15, -0.1) is 0 Å². The number of carbonyl (C=O) groups excluding carboxylic acids is 2. The van der Waals surface area contributed by atoms with Crippen LogP contribution in [-0.4, -0.2) is 82.6 Å². The van der Waals surface area contributed by atoms with Crippen molar-refractivity contribution in [3.8, 4) is 0 Å². The van der Waals surface area contributed by atoms with Crippen molar-refractivity contribution in [2.45, 2.75) is 49.0 Å². The Bertz CT molecular complexity index is 499. The van der Waals surface area contributed by atoms with E-state index in [1.54, 1.807) is 25.9 Å². The largest absolute Gasteiger partial charge is 0.393 e. The summed E-state index contributed by atoms with van der Waals surface area (Å²) in [7, 11) is 3.58. The maximum Gasteiger partial charge on any atom is 0.239 e. The van der Waals surface area contributed by atoms with Crippen molar-refractivity contribution in [1.29, 1.82) is 0 Å². The first kappa shape index (κ1) is 17.0. The summed E-state index contributed by atoms with van der Waals surface area (Å²) in [5.41, 5.74) is 0. The molecular weight excluding hydrogens is 314 g/mol. The summed E-state index contributed by atoms with van der Waals surface area (Å²) in [5.74, 6) is 0.409. The highest BCUT2D eigenvalue weighted by molar-refractivity contribution is 8.00. The summed E-state index contributed by atoms with van der Waals surface area (Å²) in [6.45, 7) is 5.53. The molecule has 3 rings (SSSR count). The number of thioether (sulfide) groups is 1. The van der Waals surface area contributed by atoms with Crippen LogP contribution in [-0.2, 0) is 9.59 Å². The zero-order valence-electron chi connectivity index (χ0n) is 14.2. The molecule has 3 heterocycles. The topological polar surface area (TPSA) is 72.9 Å². The molecule has 0 aromatic rings. The SMILES string of the molecule is C[C@@H]1[C@@H]2[C@@H]([C@@H](C)O)C(=O)N2C[C@H]1S[C@@H]1CN[C@H](C(=O)N(C)C)C1. The van der Waals surface area contributed by atoms with Crippen molar-refractivity contribution < 1.29 is 14.7 Å². The number of aliphatic hydroxyl groups excluding tert-OH is 1. The number of hydrogen-bond donors (Lipinski definition) is 2. The molecular formula is C16H27N3O3S. The second-order valence-corrected chi connectivity index (χ2v) is 8.88. The number of carbonyl (C=O) groups is 2. The lowest BCUT2D eigenvalue weighted by Gasteiger charge is -2.45. The maximum atomic E-state index is 12.1. The van der Waals surface area contributed by atoms with Crippen molar-refractivity contribution in [2.75, 3.05) is 27.2 Å². The monoisotopic (exact) mass is 341 g/mol. The molecule has 0 bridgehead atoms. The van der Waals surface area contributed by atoms with Crippen LogP contribution >= 0.6 is 11.8 Å². The van der Waals surface area contributed by atoms with Crippen LogP contribution in [0.2, 0.25) is 0 Å². The van der Waals surface area contributed by atoms with Gasteiger partial charge in [0.1, 0.15) is 0 Å². The Balaban J connectivity index is 1.56. The lowest BCUT2D eigenvalue weighted by Crippen LogP contribution is -2.62. The van der Waals surface area contributed by atoms with Crippen LogP contribution in [0.1, 0.15) is 20.3 Å². The van der Waals surface area contributed by atoms with Crippen LogP contribution in [0.4, 0.5) is 0 Å². The fourth-order valence-corrected chi connectivity index (χ4v) is 5.86. The third-order valence-corrected chi connectivity index (χ3v) is 7.19. The molecule has 2 amide bonds. The Kier molecular flexibility index (Phi) is 4.64. The van der Waals surface area contributed by atoms with E-state index in [-0.39, 0.29) is 29.8 Å². The first-order chi connectivity index (χ1) is 10.8. The Morgan fingerprint density at radius 2 is 2.17 bits per heavy atom. The van der Waals surface area contributed by atoms with E-state index in [1.165, 1.54) is 0 Å². The molecule has 3 fully saturated rings. The van der Waals surface area contributed by atoms with Crippen LogP contribution in [0.3, 0.4) is 0 Å². The van der Waals surface area contributed by atoms with Crippen molar-refractivity contribution in [3.63, 3.8) is 0 Å². The molecule has 0 radical (unpaired) electrons. The average molecular weight is 341 g/mol. The van der Waals surface area contributed by atoms with E-state index in [2.05, 4.69) is 12.2 Å². The molecule has 3 aliphatic heterocycles. The van der Waals surface area contributed by atoms with Gasteiger partial charge in [0.25, 0.3) is 0 Å². The molecule has 7 heteroatoms. The lowest BCUT2D eigenvalue weighted by molar-refractivity contribution is -0.161. The second-order valence-electron chi connectivity index (χ2n) is 7.33. The second kappa shape index (κ2) is 6.26. The smallest absolute Gasteiger partial charge is 0.239 e. The third-order valence-electron chi connectivity index (χ3n) is 5.51. The summed E-state index contributed by atoms with van der Waals surface area (Å²) in [4.78, 5) is 27.7. The van der Waals surface area contributed by atoms with Gasteiger partial charge in [-0.3, -0.25) is 9.59 Å². The van der Waals surface area contributed by atoms with Crippen molar-refractivity contribution in [2.24, 2.45) is 11.8 Å². The number of nitrogens with zero attached hydrogens (tertiary/aromatic N) is 2. The molecule has 0 saturated carbocycles. The number of nitrogens with one attached hydrogen (secondary N) is 1. The fourth-order valence-electron chi connectivity index (χ4n) is 4.21. The third kappa shape index (κ3) is 2.87. The van der Waals surface area contributed by atoms with Crippen LogP contribution in [0.15, 0.2) is 0 Å². The van der Waals surface area contributed by atoms with E-state index in [0.29, 0.717) is 16.4 Å². The lowest BCUT2D eigenvalue weighted by atomic mass is 9.79. The standard InChI is InChI=1S/C16H27N3O3S/c1-8-12(7-19-14(8)13(9(2)20)16(19)22)23-10-5-11(17-6-10)15(21)18(3)4/h8-14,17,20H,5-7H2,1-4H3/t8-,9+,10-,11-,12+,13+,14+/m0/s1. The Morgan fingerprint density at radius 1 is 1.48 bits per heavy atom. The Morgan fingerprint density at radius 3 is 2.78 bits per heavy atom. The number of aliphatic hydroxyl groups is 1. The predicted octanol–water partition coefficient (Wildman–Crippen LogP) is -0.236. The van der Waals surface area contributed by atoms with E-state index in [0.717, 1.165) is 19.5 Å². The number of fused-ring (bicyclic) bond motifs is 1. The van der Waals surface area contributed by atoms with Crippen LogP contribution in [0.5, 0.6) is 0 Å². The fraction of sp³-hybridized carbons (Fsp3) is 0.875. The number of rotatable bonds is 4. The van der Waals surface area contributed by atoms with Crippen molar-refractivity contribution >= 4 is 23.6 Å². The quantitative estimate of drug-likeness (QED) is 0.691. The Hall–Kier alpha value is -0.790. The summed E-state index contributed by atoms with van der Waals surface area (Å²) in [6.07, 6.45) is 0.286. The first-order valence-corrected chi connectivity index (χ1v) is 9.34. The van der Waals surface area contributed by atoms with Gasteiger partial charge in [-0.1, -0.05) is 6.92 Å². The summed E-state index contributed by atoms with van der Waals surface area (Å²) in [6, 6.07) is 0.108. The van der Waals surface area contributed by atoms with E-state index in [4.69, 9.17) is 0 Å². The van der Waals surface area contributed by atoms with Gasteiger partial charge in [-0.2, -0.15) is 11.8 Å². The highest BCUT2D eigenvalue weighted by atomic mass is 32.2. The summed E-state index contributed by atoms with van der Waals surface area (Å²) in [5, 5.41) is 13.9. The van der Waals surface area contributed by atoms with Gasteiger partial charge in [-0.25, -0.2) is 0 Å². The van der Waals surface area contributed by atoms with Gasteiger partial charge in [0, 0.05) is 43.7 Å². The normalized spacial score (nSPS) is 40.7. The highest BCUT2D eigenvalue weighted by Gasteiger charge is 2.58. The van der Waals surface area contributed by atoms with E-state index < -0.39 is 6.10 Å². The minimum Gasteiger partial charge on any atom is -0.393 e. The molecule has 7 atom stereocenters. The number of likely N-dealkylation sites (N-methyl/N-ethyl adjacent to an activating group) is 1. The van der Waals surface area contributed by atoms with Gasteiger partial charge < -0.3 is 20.2 Å². The number of hydrogen-bond acceptors (Lipinski definition) is 5. The van der Waals surface area contributed by atoms with Gasteiger partial charge in [0.15, 0.2) is 0 Å². The van der Waals surface area contributed by atoms with Crippen LogP contribution in [0, 0.1) is 11.8 Å². The predicted molar refractivity (Wildman–Crippen MR) is 90.1 cm³/mol.